The van der Waals surface area contributed by atoms with Gasteiger partial charge < -0.3 is 0 Å². The molecule has 7 heteroatoms. The molecule has 1 aliphatic heterocycles. The molecule has 0 aliphatic carbocycles. The van der Waals surface area contributed by atoms with Crippen LogP contribution in [0.5, 0.6) is 0 Å². The Labute approximate surface area is 159 Å². The second kappa shape index (κ2) is 7.77. The fraction of sp³-hybridized carbons (Fsp3) is 0.222. The molecule has 3 rings (SSSR count). The van der Waals surface area contributed by atoms with Gasteiger partial charge in [0.25, 0.3) is 0 Å². The third kappa shape index (κ3) is 4.35. The van der Waals surface area contributed by atoms with E-state index in [0.717, 1.165) is 0 Å². The lowest BCUT2D eigenvalue weighted by Gasteiger charge is -2.17. The first-order valence-corrected chi connectivity index (χ1v) is 9.32. The van der Waals surface area contributed by atoms with Gasteiger partial charge >= 0.3 is 0 Å². The van der Waals surface area contributed by atoms with E-state index in [1.807, 2.05) is 6.92 Å². The van der Waals surface area contributed by atoms with Crippen LogP contribution in [0.3, 0.4) is 0 Å². The summed E-state index contributed by atoms with van der Waals surface area (Å²) in [6, 6.07) is 11.5. The Morgan fingerprint density at radius 3 is 2.68 bits per heavy atom. The predicted molar refractivity (Wildman–Crippen MR) is 102 cm³/mol. The van der Waals surface area contributed by atoms with Crippen LogP contribution in [-0.4, -0.2) is 27.8 Å². The van der Waals surface area contributed by atoms with Crippen LogP contribution in [0.15, 0.2) is 47.5 Å². The van der Waals surface area contributed by atoms with Crippen LogP contribution < -0.4 is 0 Å². The van der Waals surface area contributed by atoms with Gasteiger partial charge in [-0.25, -0.2) is 9.38 Å². The molecule has 2 aromatic carbocycles. The molecule has 0 N–H and O–H groups in total. The Bertz CT molecular complexity index is 806. The van der Waals surface area contributed by atoms with Gasteiger partial charge in [0.05, 0.1) is 12.1 Å². The van der Waals surface area contributed by atoms with Crippen LogP contribution in [0.1, 0.15) is 12.5 Å². The number of thioether (sulfide) groups is 1. The van der Waals surface area contributed by atoms with E-state index in [0.29, 0.717) is 22.4 Å². The normalized spacial score (nSPS) is 18.8. The summed E-state index contributed by atoms with van der Waals surface area (Å²) >= 11 is 13.4. The number of amides is 1. The number of rotatable bonds is 3. The third-order valence-corrected chi connectivity index (χ3v) is 5.40. The molecule has 1 fully saturated rings. The molecule has 25 heavy (non-hydrogen) atoms. The van der Waals surface area contributed by atoms with Crippen LogP contribution in [0.4, 0.5) is 10.1 Å². The van der Waals surface area contributed by atoms with Gasteiger partial charge in [-0.1, -0.05) is 48.0 Å². The summed E-state index contributed by atoms with van der Waals surface area (Å²) in [4.78, 5) is 18.8. The molecular formula is C18H15Cl2FN2OS. The van der Waals surface area contributed by atoms with Crippen molar-refractivity contribution in [3.05, 3.63) is 63.9 Å². The summed E-state index contributed by atoms with van der Waals surface area (Å²) < 4.78 is 14.0. The van der Waals surface area contributed by atoms with Gasteiger partial charge in [0.15, 0.2) is 5.17 Å². The topological polar surface area (TPSA) is 32.7 Å². The zero-order valence-corrected chi connectivity index (χ0v) is 15.7. The lowest BCUT2D eigenvalue weighted by atomic mass is 10.1. The van der Waals surface area contributed by atoms with E-state index in [9.17, 15) is 9.18 Å². The minimum absolute atomic E-state index is 0.0988. The zero-order valence-electron chi connectivity index (χ0n) is 13.4. The summed E-state index contributed by atoms with van der Waals surface area (Å²) in [7, 11) is 0. The highest BCUT2D eigenvalue weighted by atomic mass is 35.5. The molecule has 130 valence electrons. The number of aliphatic imine (C=N–C) groups is 1. The van der Waals surface area contributed by atoms with Crippen molar-refractivity contribution >= 4 is 51.7 Å². The van der Waals surface area contributed by atoms with E-state index in [-0.39, 0.29) is 28.2 Å². The Morgan fingerprint density at radius 1 is 1.28 bits per heavy atom. The highest BCUT2D eigenvalue weighted by Gasteiger charge is 2.31. The predicted octanol–water partition coefficient (Wildman–Crippen LogP) is 5.33. The van der Waals surface area contributed by atoms with Crippen molar-refractivity contribution in [3.8, 4) is 0 Å². The van der Waals surface area contributed by atoms with Gasteiger partial charge in [0.1, 0.15) is 5.82 Å². The summed E-state index contributed by atoms with van der Waals surface area (Å²) in [6.07, 6.45) is -0.0988. The number of carbonyl (C=O) groups is 1. The molecular weight excluding hydrogens is 382 g/mol. The summed E-state index contributed by atoms with van der Waals surface area (Å²) in [5, 5.41) is 1.70. The van der Waals surface area contributed by atoms with Crippen molar-refractivity contribution in [3.63, 3.8) is 0 Å². The number of carbonyl (C=O) groups excluding carboxylic acids is 1. The molecule has 2 aromatic rings. The number of hydrogen-bond donors (Lipinski definition) is 0. The van der Waals surface area contributed by atoms with Crippen molar-refractivity contribution in [2.45, 2.75) is 18.6 Å². The van der Waals surface area contributed by atoms with Gasteiger partial charge in [-0.15, -0.1) is 0 Å². The van der Waals surface area contributed by atoms with Crippen molar-refractivity contribution in [2.75, 3.05) is 6.54 Å². The highest BCUT2D eigenvalue weighted by Crippen LogP contribution is 2.30. The standard InChI is InChI=1S/C18H15Cl2FN2OS/c1-11-10-23(17(24)9-14-15(20)3-2-4-16(14)21)18(25-11)22-13-7-5-12(19)6-8-13/h2-8,11H,9-10H2,1H3/t11-/m0/s1. The largest absolute Gasteiger partial charge is 0.290 e. The molecule has 1 atom stereocenters. The van der Waals surface area contributed by atoms with Crippen LogP contribution in [0, 0.1) is 5.82 Å². The van der Waals surface area contributed by atoms with E-state index in [2.05, 4.69) is 4.99 Å². The first-order valence-electron chi connectivity index (χ1n) is 7.68. The second-order valence-electron chi connectivity index (χ2n) is 5.68. The molecule has 0 spiro atoms. The molecule has 0 aromatic heterocycles. The maximum absolute atomic E-state index is 14.0. The van der Waals surface area contributed by atoms with Crippen LogP contribution in [-0.2, 0) is 11.2 Å². The smallest absolute Gasteiger partial charge is 0.233 e. The van der Waals surface area contributed by atoms with Gasteiger partial charge in [-0.05, 0) is 36.4 Å². The Morgan fingerprint density at radius 2 is 2.00 bits per heavy atom. The lowest BCUT2D eigenvalue weighted by Crippen LogP contribution is -2.34. The second-order valence-corrected chi connectivity index (χ2v) is 7.93. The van der Waals surface area contributed by atoms with E-state index in [1.54, 1.807) is 35.2 Å². The maximum atomic E-state index is 14.0. The van der Waals surface area contributed by atoms with Crippen molar-refractivity contribution < 1.29 is 9.18 Å². The van der Waals surface area contributed by atoms with Crippen molar-refractivity contribution in [1.29, 1.82) is 0 Å². The molecule has 3 nitrogen and oxygen atoms in total. The lowest BCUT2D eigenvalue weighted by molar-refractivity contribution is -0.126. The van der Waals surface area contributed by atoms with Gasteiger partial charge in [0.2, 0.25) is 5.91 Å². The first kappa shape index (κ1) is 18.2. The number of halogens is 3. The van der Waals surface area contributed by atoms with E-state index < -0.39 is 5.82 Å². The van der Waals surface area contributed by atoms with Gasteiger partial charge in [0, 0.05) is 27.4 Å². The average molecular weight is 397 g/mol. The van der Waals surface area contributed by atoms with E-state index in [1.165, 1.54) is 23.9 Å². The van der Waals surface area contributed by atoms with Crippen LogP contribution in [0.2, 0.25) is 10.0 Å². The maximum Gasteiger partial charge on any atom is 0.233 e. The van der Waals surface area contributed by atoms with E-state index in [4.69, 9.17) is 23.2 Å². The fourth-order valence-electron chi connectivity index (χ4n) is 2.49. The molecule has 1 aliphatic rings. The molecule has 0 radical (unpaired) electrons. The zero-order chi connectivity index (χ0) is 18.0. The van der Waals surface area contributed by atoms with Gasteiger partial charge in [-0.2, -0.15) is 0 Å². The monoisotopic (exact) mass is 396 g/mol. The van der Waals surface area contributed by atoms with Gasteiger partial charge in [-0.3, -0.25) is 9.69 Å². The summed E-state index contributed by atoms with van der Waals surface area (Å²) in [5.41, 5.74) is 0.923. The Kier molecular flexibility index (Phi) is 5.67. The molecule has 0 unspecified atom stereocenters. The number of nitrogens with zero attached hydrogens (tertiary/aromatic N) is 2. The quantitative estimate of drug-likeness (QED) is 0.702. The molecule has 1 amide bonds. The molecule has 1 heterocycles. The number of amidine groups is 1. The molecule has 0 bridgehead atoms. The van der Waals surface area contributed by atoms with Crippen molar-refractivity contribution in [1.82, 2.24) is 4.90 Å². The summed E-state index contributed by atoms with van der Waals surface area (Å²) in [6.45, 7) is 2.55. The summed E-state index contributed by atoms with van der Waals surface area (Å²) in [5.74, 6) is -0.700. The third-order valence-electron chi connectivity index (χ3n) is 3.72. The SMILES string of the molecule is C[C@H]1CN(C(=O)Cc2c(F)cccc2Cl)C(=Nc2ccc(Cl)cc2)S1. The highest BCUT2D eigenvalue weighted by molar-refractivity contribution is 8.14. The van der Waals surface area contributed by atoms with Crippen molar-refractivity contribution in [2.24, 2.45) is 4.99 Å². The molecule has 0 saturated carbocycles. The van der Waals surface area contributed by atoms with Crippen LogP contribution in [0.25, 0.3) is 0 Å². The van der Waals surface area contributed by atoms with E-state index >= 15 is 0 Å². The minimum Gasteiger partial charge on any atom is -0.290 e. The fourth-order valence-corrected chi connectivity index (χ4v) is 3.89. The minimum atomic E-state index is -0.475. The Hall–Kier alpha value is -1.56. The first-order chi connectivity index (χ1) is 11.9. The van der Waals surface area contributed by atoms with Crippen LogP contribution >= 0.6 is 35.0 Å². The Balaban J connectivity index is 1.84. The number of hydrogen-bond acceptors (Lipinski definition) is 3. The molecule has 1 saturated heterocycles. The number of benzene rings is 2. The average Bonchev–Trinajstić information content (AvgIpc) is 2.94.